The van der Waals surface area contributed by atoms with Gasteiger partial charge in [-0.05, 0) is 57.5 Å². The van der Waals surface area contributed by atoms with Crippen LogP contribution in [0.25, 0.3) is 0 Å². The Kier molecular flexibility index (Phi) is 11.2. The summed E-state index contributed by atoms with van der Waals surface area (Å²) in [5, 5.41) is 30.9. The van der Waals surface area contributed by atoms with Crippen LogP contribution >= 0.6 is 0 Å². The van der Waals surface area contributed by atoms with Crippen LogP contribution in [0.15, 0.2) is 48.5 Å². The van der Waals surface area contributed by atoms with Crippen LogP contribution in [0.3, 0.4) is 0 Å². The van der Waals surface area contributed by atoms with E-state index in [9.17, 15) is 39.7 Å². The van der Waals surface area contributed by atoms with Gasteiger partial charge in [0, 0.05) is 29.8 Å². The Morgan fingerprint density at radius 2 is 1.27 bits per heavy atom. The van der Waals surface area contributed by atoms with Gasteiger partial charge in [0.1, 0.15) is 32.2 Å². The van der Waals surface area contributed by atoms with E-state index in [0.717, 1.165) is 0 Å². The molecule has 216 valence electrons. The number of nitrogens with zero attached hydrogens (tertiary/aromatic N) is 2. The highest BCUT2D eigenvalue weighted by Gasteiger charge is 2.40. The number of aldehydes is 1. The Balaban J connectivity index is 0.000000235. The fourth-order valence-electron chi connectivity index (χ4n) is 3.21. The predicted octanol–water partition coefficient (Wildman–Crippen LogP) is 3.09. The number of aliphatic hydroxyl groups excluding tert-OH is 1. The second kappa shape index (κ2) is 13.9. The van der Waals surface area contributed by atoms with Gasteiger partial charge < -0.3 is 24.1 Å². The molecule has 0 saturated carbocycles. The number of ketones is 2. The van der Waals surface area contributed by atoms with Gasteiger partial charge in [-0.25, -0.2) is 0 Å². The van der Waals surface area contributed by atoms with Crippen molar-refractivity contribution in [3.05, 3.63) is 79.9 Å². The SMILES string of the molecule is CC1(C)OCC(=O)CO1.CC1(C)OCC(=O)[C@H]([C@@H](O)c2ccc([N+](=O)[O-])cc2)O1.O=Cc1ccc([N+](=O)[O-])cc1. The average molecular weight is 563 g/mol. The molecule has 2 heterocycles. The largest absolute Gasteiger partial charge is 0.385 e. The third-order valence-corrected chi connectivity index (χ3v) is 5.42. The number of nitro benzene ring substituents is 2. The van der Waals surface area contributed by atoms with Gasteiger partial charge in [0.2, 0.25) is 0 Å². The second-order valence-electron chi connectivity index (χ2n) is 9.47. The van der Waals surface area contributed by atoms with Crippen LogP contribution < -0.4 is 0 Å². The van der Waals surface area contributed by atoms with E-state index in [1.807, 2.05) is 0 Å². The van der Waals surface area contributed by atoms with Gasteiger partial charge in [0.15, 0.2) is 29.2 Å². The van der Waals surface area contributed by atoms with E-state index in [1.54, 1.807) is 27.7 Å². The molecule has 0 radical (unpaired) electrons. The number of ether oxygens (including phenoxy) is 4. The summed E-state index contributed by atoms with van der Waals surface area (Å²) in [5.41, 5.74) is 0.735. The second-order valence-corrected chi connectivity index (χ2v) is 9.47. The first-order chi connectivity index (χ1) is 18.6. The van der Waals surface area contributed by atoms with Crippen LogP contribution in [0.1, 0.15) is 49.7 Å². The van der Waals surface area contributed by atoms with Crippen LogP contribution in [0.4, 0.5) is 11.4 Å². The molecule has 2 aliphatic heterocycles. The Morgan fingerprint density at radius 1 is 0.825 bits per heavy atom. The molecule has 2 aromatic carbocycles. The van der Waals surface area contributed by atoms with Gasteiger partial charge in [-0.15, -0.1) is 0 Å². The smallest absolute Gasteiger partial charge is 0.269 e. The summed E-state index contributed by atoms with van der Waals surface area (Å²) >= 11 is 0. The number of Topliss-reactive ketones (excluding diaryl/α,β-unsaturated/α-hetero) is 2. The van der Waals surface area contributed by atoms with Crippen molar-refractivity contribution in [1.29, 1.82) is 0 Å². The van der Waals surface area contributed by atoms with Crippen molar-refractivity contribution < 1.29 is 48.3 Å². The summed E-state index contributed by atoms with van der Waals surface area (Å²) in [6, 6.07) is 10.8. The van der Waals surface area contributed by atoms with Crippen molar-refractivity contribution in [3.63, 3.8) is 0 Å². The van der Waals surface area contributed by atoms with E-state index in [1.165, 1.54) is 48.5 Å². The van der Waals surface area contributed by atoms with E-state index in [-0.39, 0.29) is 42.8 Å². The van der Waals surface area contributed by atoms with Gasteiger partial charge >= 0.3 is 0 Å². The highest BCUT2D eigenvalue weighted by Crippen LogP contribution is 2.29. The highest BCUT2D eigenvalue weighted by molar-refractivity contribution is 5.85. The minimum atomic E-state index is -1.19. The minimum Gasteiger partial charge on any atom is -0.385 e. The highest BCUT2D eigenvalue weighted by atomic mass is 16.7. The number of carbonyl (C=O) groups excluding carboxylic acids is 3. The molecule has 1 N–H and O–H groups in total. The average Bonchev–Trinajstić information content (AvgIpc) is 2.92. The zero-order valence-electron chi connectivity index (χ0n) is 22.3. The number of aliphatic hydroxyl groups is 1. The van der Waals surface area contributed by atoms with Gasteiger partial charge in [-0.1, -0.05) is 0 Å². The Hall–Kier alpha value is -3.95. The molecule has 40 heavy (non-hydrogen) atoms. The zero-order valence-corrected chi connectivity index (χ0v) is 22.3. The van der Waals surface area contributed by atoms with E-state index in [2.05, 4.69) is 0 Å². The zero-order chi connectivity index (χ0) is 30.1. The lowest BCUT2D eigenvalue weighted by Gasteiger charge is -2.36. The molecule has 0 amide bonds. The molecule has 2 aromatic rings. The number of carbonyl (C=O) groups is 3. The number of rotatable bonds is 5. The first-order valence-electron chi connectivity index (χ1n) is 11.9. The molecular weight excluding hydrogens is 532 g/mol. The molecule has 4 rings (SSSR count). The molecule has 2 aliphatic rings. The van der Waals surface area contributed by atoms with E-state index < -0.39 is 33.6 Å². The fourth-order valence-corrected chi connectivity index (χ4v) is 3.21. The first-order valence-corrected chi connectivity index (χ1v) is 11.9. The Labute approximate surface area is 229 Å². The van der Waals surface area contributed by atoms with Crippen molar-refractivity contribution >= 4 is 29.2 Å². The summed E-state index contributed by atoms with van der Waals surface area (Å²) in [7, 11) is 0. The Bertz CT molecular complexity index is 1200. The van der Waals surface area contributed by atoms with Gasteiger partial charge in [0.05, 0.1) is 9.85 Å². The first kappa shape index (κ1) is 32.3. The number of nitro groups is 2. The fraction of sp³-hybridized carbons (Fsp3) is 0.423. The summed E-state index contributed by atoms with van der Waals surface area (Å²) in [4.78, 5) is 52.0. The lowest BCUT2D eigenvalue weighted by molar-refractivity contribution is -0.385. The van der Waals surface area contributed by atoms with Crippen molar-refractivity contribution in [2.45, 2.75) is 51.5 Å². The number of benzene rings is 2. The molecular formula is C26H30N2O12. The van der Waals surface area contributed by atoms with Gasteiger partial charge in [-0.2, -0.15) is 0 Å². The maximum atomic E-state index is 11.8. The maximum Gasteiger partial charge on any atom is 0.269 e. The minimum absolute atomic E-state index is 0.00407. The molecule has 2 fully saturated rings. The quantitative estimate of drug-likeness (QED) is 0.318. The molecule has 0 aliphatic carbocycles. The van der Waals surface area contributed by atoms with E-state index in [0.29, 0.717) is 17.4 Å². The molecule has 14 nitrogen and oxygen atoms in total. The molecule has 0 unspecified atom stereocenters. The van der Waals surface area contributed by atoms with Crippen LogP contribution in [0, 0.1) is 20.2 Å². The number of hydrogen-bond acceptors (Lipinski definition) is 12. The van der Waals surface area contributed by atoms with Crippen molar-refractivity contribution in [1.82, 2.24) is 0 Å². The summed E-state index contributed by atoms with van der Waals surface area (Å²) in [5.74, 6) is -1.88. The third kappa shape index (κ3) is 9.98. The molecule has 14 heteroatoms. The number of non-ortho nitro benzene ring substituents is 2. The van der Waals surface area contributed by atoms with Gasteiger partial charge in [0.25, 0.3) is 11.4 Å². The van der Waals surface area contributed by atoms with E-state index in [4.69, 9.17) is 18.9 Å². The third-order valence-electron chi connectivity index (χ3n) is 5.42. The van der Waals surface area contributed by atoms with Gasteiger partial charge in [-0.3, -0.25) is 34.6 Å². The molecule has 2 saturated heterocycles. The van der Waals surface area contributed by atoms with Crippen molar-refractivity contribution in [2.75, 3.05) is 19.8 Å². The topological polar surface area (TPSA) is 195 Å². The summed E-state index contributed by atoms with van der Waals surface area (Å²) in [6.07, 6.45) is -1.59. The molecule has 2 atom stereocenters. The monoisotopic (exact) mass is 562 g/mol. The predicted molar refractivity (Wildman–Crippen MR) is 137 cm³/mol. The summed E-state index contributed by atoms with van der Waals surface area (Å²) < 4.78 is 20.6. The Morgan fingerprint density at radius 3 is 1.70 bits per heavy atom. The maximum absolute atomic E-state index is 11.8. The lowest BCUT2D eigenvalue weighted by atomic mass is 10.00. The van der Waals surface area contributed by atoms with Crippen molar-refractivity contribution in [3.8, 4) is 0 Å². The molecule has 0 spiro atoms. The van der Waals surface area contributed by atoms with Crippen LogP contribution in [0.5, 0.6) is 0 Å². The van der Waals surface area contributed by atoms with Crippen LogP contribution in [-0.2, 0) is 28.5 Å². The van der Waals surface area contributed by atoms with Crippen LogP contribution in [-0.4, -0.2) is 70.3 Å². The summed E-state index contributed by atoms with van der Waals surface area (Å²) in [6.45, 7) is 7.12. The standard InChI is InChI=1S/C13H15NO6.C7H5NO3.C6H10O3/c1-13(2)19-7-10(15)12(20-13)11(16)8-3-5-9(6-4-8)14(17)18;9-5-6-1-3-7(4-2-6)8(10)11;1-6(2)8-3-5(7)4-9-6/h3-6,11-12,16H,7H2,1-2H3;1-5H;3-4H2,1-2H3/t11-,12+;;/m0../s1. The van der Waals surface area contributed by atoms with Crippen LogP contribution in [0.2, 0.25) is 0 Å². The molecule has 0 aromatic heterocycles. The normalized spacial score (nSPS) is 20.1. The van der Waals surface area contributed by atoms with Crippen molar-refractivity contribution in [2.24, 2.45) is 0 Å². The van der Waals surface area contributed by atoms with E-state index >= 15 is 0 Å². The lowest BCUT2D eigenvalue weighted by Crippen LogP contribution is -2.48. The molecule has 0 bridgehead atoms. The number of hydrogen-bond donors (Lipinski definition) is 1.